The average molecular weight is 219 g/mol. The van der Waals surface area contributed by atoms with Gasteiger partial charge in [0, 0.05) is 6.04 Å². The summed E-state index contributed by atoms with van der Waals surface area (Å²) in [5.74, 6) is 1.07. The largest absolute Gasteiger partial charge is 0.328 e. The number of sulfone groups is 1. The fraction of sp³-hybridized carbons (Fsp3) is 1.00. The summed E-state index contributed by atoms with van der Waals surface area (Å²) in [6.07, 6.45) is 5.06. The van der Waals surface area contributed by atoms with Crippen LogP contribution in [0.4, 0.5) is 0 Å². The first-order valence-electron chi connectivity index (χ1n) is 5.49. The molecule has 1 rings (SSSR count). The predicted octanol–water partition coefficient (Wildman–Crippen LogP) is 1.33. The van der Waals surface area contributed by atoms with E-state index in [0.29, 0.717) is 17.4 Å². The Morgan fingerprint density at radius 3 is 2.71 bits per heavy atom. The molecule has 0 amide bonds. The van der Waals surface area contributed by atoms with Gasteiger partial charge in [0.15, 0.2) is 9.84 Å². The van der Waals surface area contributed by atoms with Gasteiger partial charge in [-0.3, -0.25) is 0 Å². The summed E-state index contributed by atoms with van der Waals surface area (Å²) in [5, 5.41) is 0. The molecule has 0 aliphatic carbocycles. The zero-order valence-electron chi connectivity index (χ0n) is 8.91. The zero-order valence-corrected chi connectivity index (χ0v) is 9.72. The van der Waals surface area contributed by atoms with Gasteiger partial charge in [-0.1, -0.05) is 19.8 Å². The van der Waals surface area contributed by atoms with Crippen molar-refractivity contribution in [2.24, 2.45) is 11.7 Å². The summed E-state index contributed by atoms with van der Waals surface area (Å²) in [7, 11) is -2.72. The summed E-state index contributed by atoms with van der Waals surface area (Å²) >= 11 is 0. The minimum Gasteiger partial charge on any atom is -0.328 e. The van der Waals surface area contributed by atoms with Crippen LogP contribution < -0.4 is 5.73 Å². The zero-order chi connectivity index (χ0) is 10.6. The monoisotopic (exact) mass is 219 g/mol. The highest BCUT2D eigenvalue weighted by atomic mass is 32.2. The van der Waals surface area contributed by atoms with E-state index in [4.69, 9.17) is 5.73 Å². The van der Waals surface area contributed by atoms with Crippen molar-refractivity contribution in [3.63, 3.8) is 0 Å². The van der Waals surface area contributed by atoms with Gasteiger partial charge >= 0.3 is 0 Å². The molecule has 0 saturated carbocycles. The maximum absolute atomic E-state index is 11.2. The van der Waals surface area contributed by atoms with Crippen molar-refractivity contribution in [2.75, 3.05) is 11.5 Å². The second-order valence-corrected chi connectivity index (χ2v) is 6.64. The van der Waals surface area contributed by atoms with E-state index < -0.39 is 9.84 Å². The summed E-state index contributed by atoms with van der Waals surface area (Å²) in [6, 6.07) is 0.202. The number of hydrogen-bond acceptors (Lipinski definition) is 3. The first-order valence-corrected chi connectivity index (χ1v) is 7.31. The van der Waals surface area contributed by atoms with E-state index in [9.17, 15) is 8.42 Å². The molecule has 14 heavy (non-hydrogen) atoms. The highest BCUT2D eigenvalue weighted by Gasteiger charge is 2.28. The highest BCUT2D eigenvalue weighted by molar-refractivity contribution is 7.91. The van der Waals surface area contributed by atoms with E-state index in [1.165, 1.54) is 0 Å². The van der Waals surface area contributed by atoms with Crippen molar-refractivity contribution in [1.82, 2.24) is 0 Å². The Hall–Kier alpha value is -0.0900. The highest BCUT2D eigenvalue weighted by Crippen LogP contribution is 2.23. The van der Waals surface area contributed by atoms with Crippen molar-refractivity contribution in [2.45, 2.75) is 45.1 Å². The van der Waals surface area contributed by atoms with Crippen LogP contribution in [0.5, 0.6) is 0 Å². The van der Waals surface area contributed by atoms with Gasteiger partial charge in [-0.2, -0.15) is 0 Å². The topological polar surface area (TPSA) is 60.2 Å². The van der Waals surface area contributed by atoms with Crippen molar-refractivity contribution < 1.29 is 8.42 Å². The minimum absolute atomic E-state index is 0.202. The van der Waals surface area contributed by atoms with Gasteiger partial charge in [-0.05, 0) is 25.2 Å². The normalized spacial score (nSPS) is 27.7. The van der Waals surface area contributed by atoms with Gasteiger partial charge in [0.05, 0.1) is 11.5 Å². The first-order chi connectivity index (χ1) is 6.53. The summed E-state index contributed by atoms with van der Waals surface area (Å²) in [6.45, 7) is 2.15. The molecule has 0 aromatic rings. The second-order valence-electron chi connectivity index (χ2n) is 4.41. The van der Waals surface area contributed by atoms with E-state index in [2.05, 4.69) is 6.92 Å². The molecule has 84 valence electrons. The first kappa shape index (κ1) is 12.0. The van der Waals surface area contributed by atoms with Crippen LogP contribution in [0.15, 0.2) is 0 Å². The van der Waals surface area contributed by atoms with Crippen LogP contribution in [-0.4, -0.2) is 26.0 Å². The van der Waals surface area contributed by atoms with E-state index >= 15 is 0 Å². The van der Waals surface area contributed by atoms with Gasteiger partial charge in [-0.15, -0.1) is 0 Å². The van der Waals surface area contributed by atoms with Crippen molar-refractivity contribution >= 4 is 9.84 Å². The van der Waals surface area contributed by atoms with E-state index in [1.54, 1.807) is 0 Å². The van der Waals surface area contributed by atoms with Crippen LogP contribution in [0.1, 0.15) is 39.0 Å². The van der Waals surface area contributed by atoms with Crippen molar-refractivity contribution in [3.8, 4) is 0 Å². The number of nitrogens with two attached hydrogens (primary N) is 1. The third kappa shape index (κ3) is 3.96. The average Bonchev–Trinajstić information content (AvgIpc) is 2.42. The lowest BCUT2D eigenvalue weighted by atomic mass is 9.97. The molecule has 3 nitrogen and oxygen atoms in total. The minimum atomic E-state index is -2.72. The third-order valence-corrected chi connectivity index (χ3v) is 4.73. The van der Waals surface area contributed by atoms with Crippen molar-refractivity contribution in [1.29, 1.82) is 0 Å². The van der Waals surface area contributed by atoms with E-state index in [0.717, 1.165) is 32.1 Å². The van der Waals surface area contributed by atoms with Crippen LogP contribution in [0.3, 0.4) is 0 Å². The molecule has 0 radical (unpaired) electrons. The molecular weight excluding hydrogens is 198 g/mol. The van der Waals surface area contributed by atoms with Crippen LogP contribution in [0.25, 0.3) is 0 Å². The van der Waals surface area contributed by atoms with Gasteiger partial charge < -0.3 is 5.73 Å². The smallest absolute Gasteiger partial charge is 0.150 e. The Balaban J connectivity index is 2.25. The molecule has 1 aliphatic heterocycles. The number of unbranched alkanes of at least 4 members (excludes halogenated alkanes) is 1. The Morgan fingerprint density at radius 2 is 2.21 bits per heavy atom. The maximum Gasteiger partial charge on any atom is 0.150 e. The molecule has 1 fully saturated rings. The molecule has 0 bridgehead atoms. The lowest BCUT2D eigenvalue weighted by Gasteiger charge is -2.14. The Bertz CT molecular complexity index is 261. The van der Waals surface area contributed by atoms with Gasteiger partial charge in [0.1, 0.15) is 0 Å². The van der Waals surface area contributed by atoms with Gasteiger partial charge in [-0.25, -0.2) is 8.42 Å². The maximum atomic E-state index is 11.2. The summed E-state index contributed by atoms with van der Waals surface area (Å²) < 4.78 is 22.4. The van der Waals surface area contributed by atoms with Crippen molar-refractivity contribution in [3.05, 3.63) is 0 Å². The molecule has 2 atom stereocenters. The molecule has 2 unspecified atom stereocenters. The quantitative estimate of drug-likeness (QED) is 0.759. The second kappa shape index (κ2) is 5.12. The molecule has 2 N–H and O–H groups in total. The third-order valence-electron chi connectivity index (χ3n) is 2.89. The fourth-order valence-electron chi connectivity index (χ4n) is 2.07. The molecule has 0 spiro atoms. The van der Waals surface area contributed by atoms with E-state index in [-0.39, 0.29) is 6.04 Å². The Morgan fingerprint density at radius 1 is 1.50 bits per heavy atom. The van der Waals surface area contributed by atoms with Gasteiger partial charge in [0.25, 0.3) is 0 Å². The molecular formula is C10H21NO2S. The molecule has 1 saturated heterocycles. The molecule has 1 aliphatic rings. The van der Waals surface area contributed by atoms with Crippen LogP contribution >= 0.6 is 0 Å². The predicted molar refractivity (Wildman–Crippen MR) is 58.9 cm³/mol. The Kier molecular flexibility index (Phi) is 4.38. The standard InChI is InChI=1S/C10H21NO2S/c1-2-3-4-10(11)7-9-5-6-14(12,13)8-9/h9-10H,2-8,11H2,1H3. The summed E-state index contributed by atoms with van der Waals surface area (Å²) in [4.78, 5) is 0. The SMILES string of the molecule is CCCCC(N)CC1CCS(=O)(=O)C1. The van der Waals surface area contributed by atoms with E-state index in [1.807, 2.05) is 0 Å². The van der Waals surface area contributed by atoms with Crippen LogP contribution in [0, 0.1) is 5.92 Å². The Labute approximate surface area is 87.0 Å². The lowest BCUT2D eigenvalue weighted by Crippen LogP contribution is -2.24. The molecule has 0 aromatic heterocycles. The molecule has 0 aromatic carbocycles. The number of rotatable bonds is 5. The molecule has 1 heterocycles. The number of hydrogen-bond donors (Lipinski definition) is 1. The molecule has 4 heteroatoms. The van der Waals surface area contributed by atoms with Crippen LogP contribution in [-0.2, 0) is 9.84 Å². The van der Waals surface area contributed by atoms with Crippen LogP contribution in [0.2, 0.25) is 0 Å². The van der Waals surface area contributed by atoms with Gasteiger partial charge in [0.2, 0.25) is 0 Å². The summed E-state index contributed by atoms with van der Waals surface area (Å²) in [5.41, 5.74) is 5.93. The lowest BCUT2D eigenvalue weighted by molar-refractivity contribution is 0.442. The fourth-order valence-corrected chi connectivity index (χ4v) is 3.95.